The van der Waals surface area contributed by atoms with E-state index in [1.54, 1.807) is 37.3 Å². The number of carbonyl (C=O) groups is 4. The smallest absolute Gasteiger partial charge is 0.327 e. The summed E-state index contributed by atoms with van der Waals surface area (Å²) < 4.78 is 5.41. The van der Waals surface area contributed by atoms with Crippen LogP contribution in [0.5, 0.6) is 0 Å². The number of esters is 1. The van der Waals surface area contributed by atoms with Gasteiger partial charge in [0.15, 0.2) is 0 Å². The molecule has 2 aliphatic rings. The Kier molecular flexibility index (Phi) is 6.20. The Morgan fingerprint density at radius 2 is 1.97 bits per heavy atom. The van der Waals surface area contributed by atoms with E-state index in [1.165, 1.54) is 0 Å². The first kappa shape index (κ1) is 20.8. The van der Waals surface area contributed by atoms with Gasteiger partial charge in [-0.3, -0.25) is 19.3 Å². The number of imide groups is 1. The largest absolute Gasteiger partial charge is 0.446 e. The second-order valence-electron chi connectivity index (χ2n) is 7.82. The van der Waals surface area contributed by atoms with Crippen LogP contribution in [0.15, 0.2) is 30.3 Å². The van der Waals surface area contributed by atoms with Crippen molar-refractivity contribution in [2.45, 2.75) is 63.6 Å². The average molecular weight is 401 g/mol. The minimum atomic E-state index is -1.13. The van der Waals surface area contributed by atoms with Gasteiger partial charge in [0.2, 0.25) is 6.10 Å². The zero-order chi connectivity index (χ0) is 21.0. The number of ether oxygens (including phenoxy) is 1. The van der Waals surface area contributed by atoms with Crippen LogP contribution in [0.2, 0.25) is 0 Å². The van der Waals surface area contributed by atoms with Crippen molar-refractivity contribution in [3.8, 4) is 0 Å². The lowest BCUT2D eigenvalue weighted by Crippen LogP contribution is -2.44. The number of nitrogens with zero attached hydrogens (tertiary/aromatic N) is 1. The van der Waals surface area contributed by atoms with E-state index in [0.717, 1.165) is 30.6 Å². The van der Waals surface area contributed by atoms with Crippen LogP contribution < -0.4 is 10.6 Å². The Labute approximate surface area is 170 Å². The number of nitrogens with one attached hydrogen (secondary N) is 2. The maximum atomic E-state index is 12.7. The number of hydrogen-bond donors (Lipinski definition) is 2. The van der Waals surface area contributed by atoms with Gasteiger partial charge < -0.3 is 15.4 Å². The van der Waals surface area contributed by atoms with Gasteiger partial charge in [0.25, 0.3) is 11.8 Å². The van der Waals surface area contributed by atoms with Crippen LogP contribution in [-0.2, 0) is 19.1 Å². The van der Waals surface area contributed by atoms with E-state index >= 15 is 0 Å². The molecule has 0 aromatic heterocycles. The highest BCUT2D eigenvalue weighted by molar-refractivity contribution is 6.08. The molecule has 0 radical (unpaired) electrons. The number of unbranched alkanes of at least 4 members (excludes halogenated alkanes) is 1. The van der Waals surface area contributed by atoms with Crippen molar-refractivity contribution in [3.05, 3.63) is 35.9 Å². The molecule has 2 N–H and O–H groups in total. The number of rotatable bonds is 9. The molecule has 0 unspecified atom stereocenters. The first-order valence-corrected chi connectivity index (χ1v) is 10.0. The van der Waals surface area contributed by atoms with Gasteiger partial charge in [0.1, 0.15) is 12.1 Å². The normalized spacial score (nSPS) is 22.2. The van der Waals surface area contributed by atoms with Gasteiger partial charge in [0, 0.05) is 11.6 Å². The van der Waals surface area contributed by atoms with Gasteiger partial charge >= 0.3 is 12.0 Å². The molecule has 3 rings (SSSR count). The summed E-state index contributed by atoms with van der Waals surface area (Å²) in [6.45, 7) is 3.12. The molecule has 0 spiro atoms. The number of urea groups is 1. The van der Waals surface area contributed by atoms with Crippen molar-refractivity contribution in [1.82, 2.24) is 15.5 Å². The van der Waals surface area contributed by atoms with Crippen LogP contribution in [0, 0.1) is 0 Å². The molecule has 8 nitrogen and oxygen atoms in total. The van der Waals surface area contributed by atoms with E-state index in [0.29, 0.717) is 12.0 Å². The number of benzene rings is 1. The number of carbonyl (C=O) groups excluding carboxylic acids is 4. The van der Waals surface area contributed by atoms with Crippen molar-refractivity contribution in [2.24, 2.45) is 0 Å². The summed E-state index contributed by atoms with van der Waals surface area (Å²) in [5, 5.41) is 5.49. The minimum absolute atomic E-state index is 0.109. The molecule has 1 saturated heterocycles. The van der Waals surface area contributed by atoms with Gasteiger partial charge in [-0.2, -0.15) is 0 Å². The molecule has 1 aromatic rings. The third kappa shape index (κ3) is 4.93. The molecule has 1 aromatic carbocycles. The molecule has 4 amide bonds. The summed E-state index contributed by atoms with van der Waals surface area (Å²) in [6.07, 6.45) is 2.83. The number of amides is 4. The molecule has 156 valence electrons. The molecule has 2 atom stereocenters. The fourth-order valence-electron chi connectivity index (χ4n) is 3.29. The fourth-order valence-corrected chi connectivity index (χ4v) is 3.29. The zero-order valence-corrected chi connectivity index (χ0v) is 16.8. The third-order valence-corrected chi connectivity index (χ3v) is 5.18. The molecule has 0 bridgehead atoms. The van der Waals surface area contributed by atoms with Crippen molar-refractivity contribution in [1.29, 1.82) is 0 Å². The Morgan fingerprint density at radius 3 is 2.59 bits per heavy atom. The van der Waals surface area contributed by atoms with E-state index in [4.69, 9.17) is 4.74 Å². The predicted molar refractivity (Wildman–Crippen MR) is 105 cm³/mol. The molecule has 1 aliphatic carbocycles. The summed E-state index contributed by atoms with van der Waals surface area (Å²) in [5.41, 5.74) is -0.487. The summed E-state index contributed by atoms with van der Waals surface area (Å²) in [5.74, 6) is -1.67. The highest BCUT2D eigenvalue weighted by Crippen LogP contribution is 2.25. The second-order valence-corrected chi connectivity index (χ2v) is 7.82. The quantitative estimate of drug-likeness (QED) is 0.487. The first-order chi connectivity index (χ1) is 13.8. The van der Waals surface area contributed by atoms with Gasteiger partial charge in [-0.05, 0) is 26.2 Å². The van der Waals surface area contributed by atoms with E-state index in [2.05, 4.69) is 10.6 Å². The van der Waals surface area contributed by atoms with E-state index < -0.39 is 42.0 Å². The Balaban J connectivity index is 1.67. The molecule has 29 heavy (non-hydrogen) atoms. The van der Waals surface area contributed by atoms with E-state index in [-0.39, 0.29) is 6.04 Å². The second kappa shape index (κ2) is 8.63. The molecule has 1 aliphatic heterocycles. The molecular formula is C21H27N3O5. The molecule has 1 heterocycles. The molecule has 8 heteroatoms. The van der Waals surface area contributed by atoms with Crippen molar-refractivity contribution in [3.63, 3.8) is 0 Å². The molecular weight excluding hydrogens is 374 g/mol. The SMILES string of the molecule is CCCC[C@@]1(C)NC(=O)N(CC(=O)O[C@H](C(=O)NC2CC2)c2ccccc2)C1=O. The lowest BCUT2D eigenvalue weighted by molar-refractivity contribution is -0.158. The van der Waals surface area contributed by atoms with Gasteiger partial charge in [-0.25, -0.2) is 4.79 Å². The van der Waals surface area contributed by atoms with Gasteiger partial charge in [0.05, 0.1) is 0 Å². The third-order valence-electron chi connectivity index (χ3n) is 5.18. The van der Waals surface area contributed by atoms with Crippen LogP contribution in [0.4, 0.5) is 4.79 Å². The Morgan fingerprint density at radius 1 is 1.28 bits per heavy atom. The van der Waals surface area contributed by atoms with Gasteiger partial charge in [-0.1, -0.05) is 50.1 Å². The Bertz CT molecular complexity index is 793. The number of hydrogen-bond acceptors (Lipinski definition) is 5. The van der Waals surface area contributed by atoms with Crippen LogP contribution in [0.1, 0.15) is 57.6 Å². The maximum Gasteiger partial charge on any atom is 0.327 e. The minimum Gasteiger partial charge on any atom is -0.446 e. The predicted octanol–water partition coefficient (Wildman–Crippen LogP) is 2.05. The zero-order valence-electron chi connectivity index (χ0n) is 16.8. The summed E-state index contributed by atoms with van der Waals surface area (Å²) in [7, 11) is 0. The Hall–Kier alpha value is -2.90. The van der Waals surface area contributed by atoms with Crippen LogP contribution >= 0.6 is 0 Å². The van der Waals surface area contributed by atoms with Crippen LogP contribution in [0.25, 0.3) is 0 Å². The first-order valence-electron chi connectivity index (χ1n) is 10.0. The molecule has 2 fully saturated rings. The molecule has 1 saturated carbocycles. The topological polar surface area (TPSA) is 105 Å². The lowest BCUT2D eigenvalue weighted by Gasteiger charge is -2.22. The van der Waals surface area contributed by atoms with Crippen molar-refractivity contribution < 1.29 is 23.9 Å². The maximum absolute atomic E-state index is 12.7. The monoisotopic (exact) mass is 401 g/mol. The van der Waals surface area contributed by atoms with Crippen molar-refractivity contribution >= 4 is 23.8 Å². The highest BCUT2D eigenvalue weighted by atomic mass is 16.5. The summed E-state index contributed by atoms with van der Waals surface area (Å²) >= 11 is 0. The standard InChI is InChI=1S/C21H27N3O5/c1-3-4-12-21(2)19(27)24(20(28)23-21)13-16(25)29-17(14-8-6-5-7-9-14)18(26)22-15-10-11-15/h5-9,15,17H,3-4,10-13H2,1-2H3,(H,22,26)(H,23,28)/t17-,21+/m0/s1. The summed E-state index contributed by atoms with van der Waals surface area (Å²) in [4.78, 5) is 50.9. The van der Waals surface area contributed by atoms with Gasteiger partial charge in [-0.15, -0.1) is 0 Å². The summed E-state index contributed by atoms with van der Waals surface area (Å²) in [6, 6.07) is 8.17. The van der Waals surface area contributed by atoms with E-state index in [1.807, 2.05) is 6.92 Å². The van der Waals surface area contributed by atoms with Crippen molar-refractivity contribution in [2.75, 3.05) is 6.54 Å². The van der Waals surface area contributed by atoms with Crippen LogP contribution in [-0.4, -0.2) is 46.8 Å². The lowest BCUT2D eigenvalue weighted by atomic mass is 9.95. The average Bonchev–Trinajstić information content (AvgIpc) is 3.49. The highest BCUT2D eigenvalue weighted by Gasteiger charge is 2.48. The van der Waals surface area contributed by atoms with E-state index in [9.17, 15) is 19.2 Å². The fraction of sp³-hybridized carbons (Fsp3) is 0.524. The van der Waals surface area contributed by atoms with Crippen LogP contribution in [0.3, 0.4) is 0 Å².